The van der Waals surface area contributed by atoms with Crippen molar-refractivity contribution in [3.63, 3.8) is 0 Å². The van der Waals surface area contributed by atoms with Gasteiger partial charge in [-0.1, -0.05) is 52.1 Å². The molecule has 1 rings (SSSR count). The zero-order valence-electron chi connectivity index (χ0n) is 13.6. The molecule has 0 aromatic heterocycles. The number of methoxy groups -OCH3 is 2. The second-order valence-electron chi connectivity index (χ2n) is 5.82. The third-order valence-electron chi connectivity index (χ3n) is 4.08. The molecule has 0 bridgehead atoms. The lowest BCUT2D eigenvalue weighted by Gasteiger charge is -2.49. The number of hydrogen-bond donors (Lipinski definition) is 2. The maximum atomic E-state index is 12.3. The number of hydrogen-bond acceptors (Lipinski definition) is 6. The number of thiocarbonyl (C=S) groups is 2. The van der Waals surface area contributed by atoms with E-state index in [1.54, 1.807) is 0 Å². The van der Waals surface area contributed by atoms with Gasteiger partial charge >= 0.3 is 11.9 Å². The molecule has 0 aliphatic carbocycles. The number of piperazine rings is 1. The molecule has 0 aromatic carbocycles. The average molecular weight is 346 g/mol. The first-order chi connectivity index (χ1) is 10.1. The van der Waals surface area contributed by atoms with Crippen LogP contribution in [0.2, 0.25) is 0 Å². The van der Waals surface area contributed by atoms with E-state index < -0.39 is 23.0 Å². The lowest BCUT2D eigenvalue weighted by Crippen LogP contribution is -2.81. The molecule has 0 amide bonds. The van der Waals surface area contributed by atoms with E-state index in [9.17, 15) is 9.59 Å². The normalized spacial score (nSPS) is 28.2. The molecule has 0 saturated carbocycles. The maximum absolute atomic E-state index is 12.3. The van der Waals surface area contributed by atoms with Gasteiger partial charge in [0, 0.05) is 0 Å². The van der Waals surface area contributed by atoms with Crippen LogP contribution in [0.25, 0.3) is 0 Å². The summed E-state index contributed by atoms with van der Waals surface area (Å²) in [5, 5.41) is 5.94. The first kappa shape index (κ1) is 18.8. The highest BCUT2D eigenvalue weighted by molar-refractivity contribution is 7.81. The van der Waals surface area contributed by atoms with Crippen LogP contribution < -0.4 is 10.6 Å². The second-order valence-corrected chi connectivity index (χ2v) is 6.63. The van der Waals surface area contributed by atoms with Gasteiger partial charge in [0.1, 0.15) is 9.98 Å². The van der Waals surface area contributed by atoms with E-state index in [1.165, 1.54) is 14.2 Å². The minimum atomic E-state index is -1.30. The molecule has 0 radical (unpaired) electrons. The molecule has 2 N–H and O–H groups in total. The Labute approximate surface area is 141 Å². The first-order valence-corrected chi connectivity index (χ1v) is 7.74. The second kappa shape index (κ2) is 6.45. The number of esters is 2. The number of ether oxygens (including phenoxy) is 2. The molecule has 2 atom stereocenters. The fourth-order valence-electron chi connectivity index (χ4n) is 2.56. The van der Waals surface area contributed by atoms with E-state index in [1.807, 2.05) is 27.7 Å². The van der Waals surface area contributed by atoms with E-state index in [0.717, 1.165) is 0 Å². The molecule has 0 aromatic rings. The molecule has 124 valence electrons. The summed E-state index contributed by atoms with van der Waals surface area (Å²) < 4.78 is 9.77. The third-order valence-corrected chi connectivity index (χ3v) is 4.93. The number of nitrogens with one attached hydrogen (secondary N) is 2. The summed E-state index contributed by atoms with van der Waals surface area (Å²) in [6, 6.07) is 0. The fourth-order valence-corrected chi connectivity index (χ4v) is 3.62. The van der Waals surface area contributed by atoms with E-state index in [4.69, 9.17) is 33.9 Å². The van der Waals surface area contributed by atoms with Crippen LogP contribution in [0, 0.1) is 11.8 Å². The van der Waals surface area contributed by atoms with Crippen molar-refractivity contribution in [1.29, 1.82) is 0 Å². The molecule has 22 heavy (non-hydrogen) atoms. The Balaban J connectivity index is 3.42. The molecule has 1 aliphatic rings. The lowest BCUT2D eigenvalue weighted by molar-refractivity contribution is -0.150. The van der Waals surface area contributed by atoms with Gasteiger partial charge in [0.2, 0.25) is 0 Å². The van der Waals surface area contributed by atoms with Crippen molar-refractivity contribution in [3.05, 3.63) is 0 Å². The molecule has 8 heteroatoms. The lowest BCUT2D eigenvalue weighted by atomic mass is 9.77. The predicted molar refractivity (Wildman–Crippen MR) is 90.6 cm³/mol. The van der Waals surface area contributed by atoms with Gasteiger partial charge in [-0.05, 0) is 11.8 Å². The van der Waals surface area contributed by atoms with Crippen molar-refractivity contribution in [2.75, 3.05) is 14.2 Å². The van der Waals surface area contributed by atoms with Gasteiger partial charge in [-0.25, -0.2) is 9.59 Å². The van der Waals surface area contributed by atoms with Crippen LogP contribution in [-0.4, -0.2) is 47.2 Å². The Hall–Kier alpha value is -1.28. The minimum Gasteiger partial charge on any atom is -0.467 e. The minimum absolute atomic E-state index is 0.169. The molecule has 0 unspecified atom stereocenters. The van der Waals surface area contributed by atoms with Gasteiger partial charge in [0.25, 0.3) is 0 Å². The van der Waals surface area contributed by atoms with Gasteiger partial charge in [-0.15, -0.1) is 0 Å². The van der Waals surface area contributed by atoms with E-state index in [-0.39, 0.29) is 21.8 Å². The van der Waals surface area contributed by atoms with Crippen LogP contribution in [-0.2, 0) is 19.1 Å². The molecule has 6 nitrogen and oxygen atoms in total. The van der Waals surface area contributed by atoms with Crippen LogP contribution in [0.4, 0.5) is 0 Å². The predicted octanol–water partition coefficient (Wildman–Crippen LogP) is 0.970. The van der Waals surface area contributed by atoms with E-state index >= 15 is 0 Å². The van der Waals surface area contributed by atoms with Crippen molar-refractivity contribution < 1.29 is 19.1 Å². The summed E-state index contributed by atoms with van der Waals surface area (Å²) in [5.74, 6) is -1.57. The Morgan fingerprint density at radius 3 is 1.32 bits per heavy atom. The molecule has 1 fully saturated rings. The Morgan fingerprint density at radius 2 is 1.14 bits per heavy atom. The van der Waals surface area contributed by atoms with Crippen molar-refractivity contribution in [2.24, 2.45) is 11.8 Å². The van der Waals surface area contributed by atoms with Gasteiger partial charge < -0.3 is 20.1 Å². The van der Waals surface area contributed by atoms with Gasteiger partial charge in [-0.3, -0.25) is 0 Å². The molecular formula is C14H22N2O4S2. The van der Waals surface area contributed by atoms with Crippen molar-refractivity contribution in [1.82, 2.24) is 10.6 Å². The Morgan fingerprint density at radius 1 is 0.864 bits per heavy atom. The zero-order valence-corrected chi connectivity index (χ0v) is 15.2. The highest BCUT2D eigenvalue weighted by atomic mass is 32.1. The largest absolute Gasteiger partial charge is 0.467 e. The van der Waals surface area contributed by atoms with Crippen LogP contribution in [0.1, 0.15) is 27.7 Å². The van der Waals surface area contributed by atoms with Crippen LogP contribution in [0.15, 0.2) is 0 Å². The van der Waals surface area contributed by atoms with Crippen molar-refractivity contribution >= 4 is 46.4 Å². The fraction of sp³-hybridized carbons (Fsp3) is 0.714. The molecule has 0 spiro atoms. The van der Waals surface area contributed by atoms with Crippen LogP contribution in [0.3, 0.4) is 0 Å². The zero-order chi connectivity index (χ0) is 17.3. The molecule has 1 aliphatic heterocycles. The Kier molecular flexibility index (Phi) is 5.51. The third kappa shape index (κ3) is 2.48. The average Bonchev–Trinajstić information content (AvgIpc) is 2.46. The molecule has 1 heterocycles. The maximum Gasteiger partial charge on any atom is 0.338 e. The van der Waals surface area contributed by atoms with Crippen molar-refractivity contribution in [2.45, 2.75) is 38.8 Å². The van der Waals surface area contributed by atoms with Crippen LogP contribution in [0.5, 0.6) is 0 Å². The summed E-state index contributed by atoms with van der Waals surface area (Å²) in [7, 11) is 2.56. The van der Waals surface area contributed by atoms with E-state index in [2.05, 4.69) is 10.6 Å². The van der Waals surface area contributed by atoms with Crippen LogP contribution >= 0.6 is 24.4 Å². The summed E-state index contributed by atoms with van der Waals surface area (Å²) in [6.45, 7) is 7.28. The first-order valence-electron chi connectivity index (χ1n) is 6.93. The van der Waals surface area contributed by atoms with Gasteiger partial charge in [0.15, 0.2) is 11.1 Å². The number of rotatable bonds is 4. The Bertz CT molecular complexity index is 475. The summed E-state index contributed by atoms with van der Waals surface area (Å²) in [6.07, 6.45) is 0. The summed E-state index contributed by atoms with van der Waals surface area (Å²) >= 11 is 10.8. The van der Waals surface area contributed by atoms with E-state index in [0.29, 0.717) is 0 Å². The number of carbonyl (C=O) groups is 2. The molecular weight excluding hydrogens is 324 g/mol. The highest BCUT2D eigenvalue weighted by Crippen LogP contribution is 2.31. The topological polar surface area (TPSA) is 76.7 Å². The quantitative estimate of drug-likeness (QED) is 0.576. The van der Waals surface area contributed by atoms with Crippen molar-refractivity contribution in [3.8, 4) is 0 Å². The monoisotopic (exact) mass is 346 g/mol. The standard InChI is InChI=1S/C14H22N2O4S2/c1-7(2)13(11(17)19-5)9(21)16-14(8(3)4,10(22)15-13)12(18)20-6/h7-8H,1-6H3,(H,15,22)(H,16,21)/t13-,14-/m0/s1. The number of carbonyl (C=O) groups excluding carboxylic acids is 2. The van der Waals surface area contributed by atoms with Gasteiger partial charge in [-0.2, -0.15) is 0 Å². The SMILES string of the molecule is COC(=O)[C@@]1(C(C)C)NC(=S)[C@](C(=O)OC)(C(C)C)NC1=S. The molecule has 1 saturated heterocycles. The summed E-state index contributed by atoms with van der Waals surface area (Å²) in [5.41, 5.74) is -2.60. The smallest absolute Gasteiger partial charge is 0.338 e. The highest BCUT2D eigenvalue weighted by Gasteiger charge is 2.60. The van der Waals surface area contributed by atoms with Gasteiger partial charge in [0.05, 0.1) is 14.2 Å². The summed E-state index contributed by atoms with van der Waals surface area (Å²) in [4.78, 5) is 25.0.